The SMILES string of the molecule is C=CCO[C@@H]1C[C@H]2C[C@H]1[C@@H]1[C@@H]2C[C@@H]2O[C@H]12. The van der Waals surface area contributed by atoms with E-state index in [9.17, 15) is 0 Å². The molecule has 4 fully saturated rings. The Morgan fingerprint density at radius 3 is 3.07 bits per heavy atom. The third-order valence-corrected chi connectivity index (χ3v) is 5.12. The zero-order valence-corrected chi connectivity index (χ0v) is 8.97. The molecule has 4 aliphatic rings. The van der Waals surface area contributed by atoms with Gasteiger partial charge in [0.15, 0.2) is 0 Å². The van der Waals surface area contributed by atoms with Crippen molar-refractivity contribution in [2.45, 2.75) is 37.6 Å². The van der Waals surface area contributed by atoms with Gasteiger partial charge < -0.3 is 9.47 Å². The number of epoxide rings is 1. The number of rotatable bonds is 3. The lowest BCUT2D eigenvalue weighted by Crippen LogP contribution is -2.33. The monoisotopic (exact) mass is 206 g/mol. The average Bonchev–Trinajstić information content (AvgIpc) is 2.65. The molecule has 3 aliphatic carbocycles. The van der Waals surface area contributed by atoms with Crippen molar-refractivity contribution < 1.29 is 9.47 Å². The minimum Gasteiger partial charge on any atom is -0.374 e. The largest absolute Gasteiger partial charge is 0.374 e. The summed E-state index contributed by atoms with van der Waals surface area (Å²) in [6.07, 6.45) is 7.71. The van der Waals surface area contributed by atoms with Gasteiger partial charge in [-0.05, 0) is 42.9 Å². The third-order valence-electron chi connectivity index (χ3n) is 5.12. The van der Waals surface area contributed by atoms with Gasteiger partial charge >= 0.3 is 0 Å². The molecule has 2 nitrogen and oxygen atoms in total. The Hall–Kier alpha value is -0.340. The lowest BCUT2D eigenvalue weighted by molar-refractivity contribution is -0.0107. The summed E-state index contributed by atoms with van der Waals surface area (Å²) in [5.41, 5.74) is 0. The van der Waals surface area contributed by atoms with Gasteiger partial charge in [-0.25, -0.2) is 0 Å². The molecular formula is C13H18O2. The summed E-state index contributed by atoms with van der Waals surface area (Å²) >= 11 is 0. The van der Waals surface area contributed by atoms with Gasteiger partial charge in [0.1, 0.15) is 0 Å². The minimum atomic E-state index is 0.511. The van der Waals surface area contributed by atoms with E-state index >= 15 is 0 Å². The van der Waals surface area contributed by atoms with Crippen LogP contribution >= 0.6 is 0 Å². The third kappa shape index (κ3) is 1.07. The van der Waals surface area contributed by atoms with Crippen LogP contribution in [0.4, 0.5) is 0 Å². The van der Waals surface area contributed by atoms with E-state index in [0.29, 0.717) is 18.3 Å². The average molecular weight is 206 g/mol. The summed E-state index contributed by atoms with van der Waals surface area (Å²) < 4.78 is 11.6. The second-order valence-corrected chi connectivity index (χ2v) is 5.67. The van der Waals surface area contributed by atoms with Gasteiger partial charge in [0, 0.05) is 0 Å². The Bertz CT molecular complexity index is 301. The van der Waals surface area contributed by atoms with Crippen LogP contribution in [0.15, 0.2) is 12.7 Å². The van der Waals surface area contributed by atoms with E-state index in [0.717, 1.165) is 30.3 Å². The van der Waals surface area contributed by atoms with Crippen LogP contribution in [-0.2, 0) is 9.47 Å². The molecule has 0 N–H and O–H groups in total. The summed E-state index contributed by atoms with van der Waals surface area (Å²) in [5.74, 6) is 3.59. The van der Waals surface area contributed by atoms with Crippen molar-refractivity contribution in [2.75, 3.05) is 6.61 Å². The second-order valence-electron chi connectivity index (χ2n) is 5.67. The van der Waals surface area contributed by atoms with Crippen molar-refractivity contribution in [1.29, 1.82) is 0 Å². The van der Waals surface area contributed by atoms with Crippen LogP contribution in [0.2, 0.25) is 0 Å². The van der Waals surface area contributed by atoms with Crippen LogP contribution < -0.4 is 0 Å². The highest BCUT2D eigenvalue weighted by Gasteiger charge is 2.66. The fourth-order valence-electron chi connectivity index (χ4n) is 4.63. The molecule has 0 aromatic rings. The summed E-state index contributed by atoms with van der Waals surface area (Å²) in [6, 6.07) is 0. The Morgan fingerprint density at radius 1 is 1.27 bits per heavy atom. The highest BCUT2D eigenvalue weighted by atomic mass is 16.6. The predicted molar refractivity (Wildman–Crippen MR) is 56.4 cm³/mol. The van der Waals surface area contributed by atoms with E-state index in [1.54, 1.807) is 0 Å². The minimum absolute atomic E-state index is 0.511. The number of fused-ring (bicyclic) bond motifs is 7. The smallest absolute Gasteiger partial charge is 0.0876 e. The first kappa shape index (κ1) is 8.77. The highest BCUT2D eigenvalue weighted by Crippen LogP contribution is 2.64. The second kappa shape index (κ2) is 2.86. The van der Waals surface area contributed by atoms with Crippen LogP contribution in [-0.4, -0.2) is 24.9 Å². The first-order valence-corrected chi connectivity index (χ1v) is 6.26. The van der Waals surface area contributed by atoms with Gasteiger partial charge in [0.05, 0.1) is 24.9 Å². The molecule has 0 aromatic carbocycles. The molecule has 1 saturated heterocycles. The molecule has 2 bridgehead atoms. The first-order valence-electron chi connectivity index (χ1n) is 6.26. The van der Waals surface area contributed by atoms with Gasteiger partial charge in [0.25, 0.3) is 0 Å². The van der Waals surface area contributed by atoms with E-state index in [1.165, 1.54) is 19.3 Å². The van der Waals surface area contributed by atoms with Gasteiger partial charge in [-0.3, -0.25) is 0 Å². The van der Waals surface area contributed by atoms with Crippen LogP contribution in [0.1, 0.15) is 19.3 Å². The number of hydrogen-bond donors (Lipinski definition) is 0. The maximum atomic E-state index is 5.89. The molecule has 0 aromatic heterocycles. The lowest BCUT2D eigenvalue weighted by Gasteiger charge is -2.32. The van der Waals surface area contributed by atoms with E-state index < -0.39 is 0 Å². The maximum absolute atomic E-state index is 5.89. The van der Waals surface area contributed by atoms with Crippen molar-refractivity contribution in [1.82, 2.24) is 0 Å². The predicted octanol–water partition coefficient (Wildman–Crippen LogP) is 2.00. The molecule has 3 saturated carbocycles. The Kier molecular flexibility index (Phi) is 1.67. The van der Waals surface area contributed by atoms with Crippen LogP contribution in [0.5, 0.6) is 0 Å². The highest BCUT2D eigenvalue weighted by molar-refractivity contribution is 5.14. The molecule has 4 rings (SSSR count). The van der Waals surface area contributed by atoms with Crippen molar-refractivity contribution >= 4 is 0 Å². The topological polar surface area (TPSA) is 21.8 Å². The van der Waals surface area contributed by atoms with Crippen molar-refractivity contribution in [3.8, 4) is 0 Å². The zero-order valence-electron chi connectivity index (χ0n) is 8.97. The zero-order chi connectivity index (χ0) is 9.99. The van der Waals surface area contributed by atoms with E-state index in [4.69, 9.17) is 9.47 Å². The lowest BCUT2D eigenvalue weighted by atomic mass is 9.79. The summed E-state index contributed by atoms with van der Waals surface area (Å²) in [6.45, 7) is 4.45. The van der Waals surface area contributed by atoms with Gasteiger partial charge in [-0.2, -0.15) is 0 Å². The van der Waals surface area contributed by atoms with Gasteiger partial charge in [-0.1, -0.05) is 6.08 Å². The molecule has 1 aliphatic heterocycles. The van der Waals surface area contributed by atoms with Crippen molar-refractivity contribution in [3.63, 3.8) is 0 Å². The molecule has 1 heterocycles. The molecule has 15 heavy (non-hydrogen) atoms. The molecule has 2 heteroatoms. The van der Waals surface area contributed by atoms with Crippen LogP contribution in [0.25, 0.3) is 0 Å². The molecular weight excluding hydrogens is 188 g/mol. The Morgan fingerprint density at radius 2 is 2.20 bits per heavy atom. The molecule has 0 amide bonds. The molecule has 0 spiro atoms. The van der Waals surface area contributed by atoms with E-state index in [2.05, 4.69) is 6.58 Å². The summed E-state index contributed by atoms with van der Waals surface area (Å²) in [7, 11) is 0. The van der Waals surface area contributed by atoms with Crippen LogP contribution in [0.3, 0.4) is 0 Å². The van der Waals surface area contributed by atoms with Gasteiger partial charge in [0.2, 0.25) is 0 Å². The summed E-state index contributed by atoms with van der Waals surface area (Å²) in [5, 5.41) is 0. The number of ether oxygens (including phenoxy) is 2. The van der Waals surface area contributed by atoms with Crippen molar-refractivity contribution in [2.24, 2.45) is 23.7 Å². The molecule has 7 atom stereocenters. The molecule has 82 valence electrons. The first-order chi connectivity index (χ1) is 7.38. The quantitative estimate of drug-likeness (QED) is 0.520. The van der Waals surface area contributed by atoms with Crippen LogP contribution in [0, 0.1) is 23.7 Å². The standard InChI is InChI=1S/C13H18O2/c1-2-3-14-10-5-7-4-9(10)12-8(7)6-11-13(12)15-11/h2,7-13H,1,3-6H2/t7-,8-,9-,10-,11+,12+,13+/m1/s1. The van der Waals surface area contributed by atoms with E-state index in [1.807, 2.05) is 6.08 Å². The van der Waals surface area contributed by atoms with E-state index in [-0.39, 0.29) is 0 Å². The fraction of sp³-hybridized carbons (Fsp3) is 0.846. The Balaban J connectivity index is 1.52. The van der Waals surface area contributed by atoms with Gasteiger partial charge in [-0.15, -0.1) is 6.58 Å². The summed E-state index contributed by atoms with van der Waals surface area (Å²) in [4.78, 5) is 0. The molecule has 0 radical (unpaired) electrons. The fourth-order valence-corrected chi connectivity index (χ4v) is 4.63. The van der Waals surface area contributed by atoms with Crippen molar-refractivity contribution in [3.05, 3.63) is 12.7 Å². The normalized spacial score (nSPS) is 59.1. The molecule has 0 unspecified atom stereocenters. The maximum Gasteiger partial charge on any atom is 0.0876 e. The Labute approximate surface area is 90.6 Å². The number of hydrogen-bond acceptors (Lipinski definition) is 2.